The van der Waals surface area contributed by atoms with Crippen molar-refractivity contribution in [2.24, 2.45) is 0 Å². The second-order valence-corrected chi connectivity index (χ2v) is 4.20. The molecule has 0 aromatic heterocycles. The van der Waals surface area contributed by atoms with Crippen LogP contribution in [0.1, 0.15) is 65.3 Å². The first-order chi connectivity index (χ1) is 8.06. The summed E-state index contributed by atoms with van der Waals surface area (Å²) in [4.78, 5) is 0. The molecule has 0 saturated carbocycles. The Morgan fingerprint density at radius 2 is 1.13 bits per heavy atom. The van der Waals surface area contributed by atoms with Crippen LogP contribution in [-0.4, -0.2) is 63.6 Å². The minimum atomic E-state index is -0.438. The lowest BCUT2D eigenvalue weighted by Gasteiger charge is -2.18. The van der Waals surface area contributed by atoms with E-state index in [-0.39, 0.29) is 56.8 Å². The zero-order valence-corrected chi connectivity index (χ0v) is 11.3. The summed E-state index contributed by atoms with van der Waals surface area (Å²) in [5, 5.41) is 9.05. The van der Waals surface area contributed by atoms with Crippen LogP contribution in [0.2, 0.25) is 0 Å². The van der Waals surface area contributed by atoms with E-state index < -0.39 is 6.10 Å². The van der Waals surface area contributed by atoms with E-state index in [1.54, 1.807) is 14.0 Å². The Morgan fingerprint density at radius 1 is 0.696 bits per heavy atom. The molecular weight excluding hydrogens is 296 g/mol. The summed E-state index contributed by atoms with van der Waals surface area (Å²) < 4.78 is 21.1. The van der Waals surface area contributed by atoms with Gasteiger partial charge in [-0.05, 0) is 20.8 Å². The Bertz CT molecular complexity index is 165. The third-order valence-electron chi connectivity index (χ3n) is 2.02. The van der Waals surface area contributed by atoms with E-state index in [1.807, 2.05) is 13.8 Å². The highest BCUT2D eigenvalue weighted by atomic mass is 16.6. The summed E-state index contributed by atoms with van der Waals surface area (Å²) in [5.41, 5.74) is 0. The lowest BCUT2D eigenvalue weighted by atomic mass is 10.4. The molecule has 0 aliphatic carbocycles. The van der Waals surface area contributed by atoms with Crippen LogP contribution in [0.4, 0.5) is 0 Å². The molecule has 0 amide bonds. The van der Waals surface area contributed by atoms with Crippen molar-refractivity contribution in [2.75, 3.05) is 40.1 Å². The summed E-state index contributed by atoms with van der Waals surface area (Å²) in [6, 6.07) is 0. The molecule has 152 valence electrons. The third kappa shape index (κ3) is 34.2. The molecule has 3 atom stereocenters. The number of hydrogen-bond acceptors (Lipinski definition) is 5. The fourth-order valence-electron chi connectivity index (χ4n) is 1.09. The molecule has 5 heteroatoms. The summed E-state index contributed by atoms with van der Waals surface area (Å²) in [5.74, 6) is 0. The average molecular weight is 347 g/mol. The standard InChI is InChI=1S/C12H26O5.6CH4/c1-10(13)7-16-12(3)9-17-11(2)8-15-6-5-14-4;;;;;;/h10-13H,5-9H2,1-4H3;6*1H4. The molecule has 3 unspecified atom stereocenters. The maximum Gasteiger partial charge on any atom is 0.0781 e. The highest BCUT2D eigenvalue weighted by Crippen LogP contribution is 1.98. The first-order valence-corrected chi connectivity index (χ1v) is 6.04. The number of methoxy groups -OCH3 is 1. The molecule has 0 radical (unpaired) electrons. The maximum atomic E-state index is 9.05. The van der Waals surface area contributed by atoms with Crippen molar-refractivity contribution >= 4 is 0 Å². The van der Waals surface area contributed by atoms with Gasteiger partial charge in [0.1, 0.15) is 0 Å². The van der Waals surface area contributed by atoms with Crippen molar-refractivity contribution < 1.29 is 24.1 Å². The van der Waals surface area contributed by atoms with E-state index in [1.165, 1.54) is 0 Å². The van der Waals surface area contributed by atoms with Crippen molar-refractivity contribution in [2.45, 2.75) is 83.6 Å². The smallest absolute Gasteiger partial charge is 0.0781 e. The molecule has 0 aliphatic rings. The molecule has 0 aliphatic heterocycles. The first kappa shape index (κ1) is 43.4. The number of hydrogen-bond donors (Lipinski definition) is 1. The molecule has 0 aromatic carbocycles. The Labute approximate surface area is 148 Å². The molecule has 5 nitrogen and oxygen atoms in total. The van der Waals surface area contributed by atoms with Crippen molar-refractivity contribution in [1.82, 2.24) is 0 Å². The van der Waals surface area contributed by atoms with Crippen molar-refractivity contribution in [1.29, 1.82) is 0 Å². The van der Waals surface area contributed by atoms with Crippen LogP contribution in [-0.2, 0) is 18.9 Å². The summed E-state index contributed by atoms with van der Waals surface area (Å²) in [7, 11) is 1.64. The minimum Gasteiger partial charge on any atom is -0.391 e. The van der Waals surface area contributed by atoms with Gasteiger partial charge in [0.25, 0.3) is 0 Å². The lowest BCUT2D eigenvalue weighted by molar-refractivity contribution is -0.0725. The molecule has 0 spiro atoms. The second-order valence-electron chi connectivity index (χ2n) is 4.20. The van der Waals surface area contributed by atoms with Gasteiger partial charge in [0.2, 0.25) is 0 Å². The molecule has 0 fully saturated rings. The largest absolute Gasteiger partial charge is 0.391 e. The maximum absolute atomic E-state index is 9.05. The zero-order valence-electron chi connectivity index (χ0n) is 11.3. The van der Waals surface area contributed by atoms with Crippen LogP contribution < -0.4 is 0 Å². The predicted octanol–water partition coefficient (Wildman–Crippen LogP) is 4.66. The van der Waals surface area contributed by atoms with Gasteiger partial charge < -0.3 is 24.1 Å². The van der Waals surface area contributed by atoms with E-state index in [2.05, 4.69) is 0 Å². The van der Waals surface area contributed by atoms with E-state index in [0.717, 1.165) is 0 Å². The molecule has 0 rings (SSSR count). The quantitative estimate of drug-likeness (QED) is 0.552. The zero-order chi connectivity index (χ0) is 13.1. The van der Waals surface area contributed by atoms with Gasteiger partial charge in [0.05, 0.1) is 51.3 Å². The topological polar surface area (TPSA) is 57.2 Å². The van der Waals surface area contributed by atoms with Crippen LogP contribution >= 0.6 is 0 Å². The summed E-state index contributed by atoms with van der Waals surface area (Å²) >= 11 is 0. The van der Waals surface area contributed by atoms with Gasteiger partial charge in [-0.15, -0.1) is 0 Å². The van der Waals surface area contributed by atoms with Gasteiger partial charge in [-0.1, -0.05) is 44.6 Å². The Morgan fingerprint density at radius 3 is 1.57 bits per heavy atom. The molecule has 1 N–H and O–H groups in total. The van der Waals surface area contributed by atoms with Gasteiger partial charge in [-0.2, -0.15) is 0 Å². The molecular formula is C18H50O5. The van der Waals surface area contributed by atoms with Crippen LogP contribution in [0.3, 0.4) is 0 Å². The normalized spacial score (nSPS) is 12.4. The molecule has 0 heterocycles. The Balaban J connectivity index is -0.0000000853. The van der Waals surface area contributed by atoms with Crippen molar-refractivity contribution in [3.8, 4) is 0 Å². The van der Waals surface area contributed by atoms with Crippen LogP contribution in [0.25, 0.3) is 0 Å². The van der Waals surface area contributed by atoms with E-state index in [0.29, 0.717) is 33.0 Å². The first-order valence-electron chi connectivity index (χ1n) is 6.04. The fourth-order valence-corrected chi connectivity index (χ4v) is 1.09. The molecule has 23 heavy (non-hydrogen) atoms. The Kier molecular flexibility index (Phi) is 56.2. The van der Waals surface area contributed by atoms with E-state index >= 15 is 0 Å². The number of rotatable bonds is 11. The number of ether oxygens (including phenoxy) is 4. The lowest BCUT2D eigenvalue weighted by Crippen LogP contribution is -2.26. The minimum absolute atomic E-state index is 0. The van der Waals surface area contributed by atoms with Gasteiger partial charge in [-0.25, -0.2) is 0 Å². The summed E-state index contributed by atoms with van der Waals surface area (Å²) in [6.45, 7) is 8.13. The molecule has 0 bridgehead atoms. The highest BCUT2D eigenvalue weighted by molar-refractivity contribution is 4.54. The predicted molar refractivity (Wildman–Crippen MR) is 106 cm³/mol. The van der Waals surface area contributed by atoms with Crippen LogP contribution in [0.5, 0.6) is 0 Å². The van der Waals surface area contributed by atoms with E-state index in [9.17, 15) is 0 Å². The van der Waals surface area contributed by atoms with Crippen molar-refractivity contribution in [3.05, 3.63) is 0 Å². The number of aliphatic hydroxyl groups is 1. The third-order valence-corrected chi connectivity index (χ3v) is 2.02. The van der Waals surface area contributed by atoms with Gasteiger partial charge in [-0.3, -0.25) is 0 Å². The molecule has 0 aromatic rings. The van der Waals surface area contributed by atoms with E-state index in [4.69, 9.17) is 24.1 Å². The number of aliphatic hydroxyl groups excluding tert-OH is 1. The second kappa shape index (κ2) is 29.8. The van der Waals surface area contributed by atoms with Crippen LogP contribution in [0.15, 0.2) is 0 Å². The van der Waals surface area contributed by atoms with Crippen LogP contribution in [0, 0.1) is 0 Å². The SMILES string of the molecule is C.C.C.C.C.C.COCCOCC(C)OCC(C)OCC(C)O. The fraction of sp³-hybridized carbons (Fsp3) is 1.00. The summed E-state index contributed by atoms with van der Waals surface area (Å²) in [6.07, 6.45) is -0.428. The monoisotopic (exact) mass is 346 g/mol. The average Bonchev–Trinajstić information content (AvgIpc) is 2.29. The van der Waals surface area contributed by atoms with Crippen molar-refractivity contribution in [3.63, 3.8) is 0 Å². The van der Waals surface area contributed by atoms with Gasteiger partial charge in [0.15, 0.2) is 0 Å². The van der Waals surface area contributed by atoms with Gasteiger partial charge in [0, 0.05) is 7.11 Å². The Hall–Kier alpha value is -0.200. The van der Waals surface area contributed by atoms with Gasteiger partial charge >= 0.3 is 0 Å². The highest BCUT2D eigenvalue weighted by Gasteiger charge is 2.08. The molecule has 0 saturated heterocycles.